The molecule has 110 valence electrons. The Morgan fingerprint density at radius 1 is 1.05 bits per heavy atom. The Hall–Kier alpha value is -1.94. The molecule has 3 nitrogen and oxygen atoms in total. The number of methoxy groups -OCH3 is 2. The topological polar surface area (TPSA) is 44.5 Å². The van der Waals surface area contributed by atoms with Crippen LogP contribution in [0.15, 0.2) is 30.0 Å². The van der Waals surface area contributed by atoms with Crippen molar-refractivity contribution in [3.63, 3.8) is 0 Å². The zero-order chi connectivity index (χ0) is 15.0. The molecular weight excluding hydrogens is 282 g/mol. The van der Waals surface area contributed by atoms with E-state index in [2.05, 4.69) is 25.1 Å². The molecule has 21 heavy (non-hydrogen) atoms. The van der Waals surface area contributed by atoms with E-state index in [1.807, 2.05) is 6.07 Å². The first kappa shape index (κ1) is 14.0. The molecule has 1 aromatic heterocycles. The van der Waals surface area contributed by atoms with E-state index in [9.17, 15) is 0 Å². The van der Waals surface area contributed by atoms with Gasteiger partial charge in [-0.2, -0.15) is 0 Å². The van der Waals surface area contributed by atoms with Crippen LogP contribution in [0.3, 0.4) is 0 Å². The highest BCUT2D eigenvalue weighted by Gasteiger charge is 2.22. The van der Waals surface area contributed by atoms with Crippen molar-refractivity contribution in [3.8, 4) is 11.5 Å². The third-order valence-corrected chi connectivity index (χ3v) is 4.87. The van der Waals surface area contributed by atoms with Crippen LogP contribution in [0.1, 0.15) is 27.3 Å². The summed E-state index contributed by atoms with van der Waals surface area (Å²) >= 11 is 1.78. The molecule has 0 radical (unpaired) electrons. The first-order valence-corrected chi connectivity index (χ1v) is 7.76. The van der Waals surface area contributed by atoms with Gasteiger partial charge < -0.3 is 15.2 Å². The predicted molar refractivity (Wildman–Crippen MR) is 87.1 cm³/mol. The van der Waals surface area contributed by atoms with Crippen molar-refractivity contribution in [2.45, 2.75) is 19.8 Å². The third kappa shape index (κ3) is 2.40. The zero-order valence-corrected chi connectivity index (χ0v) is 13.3. The highest BCUT2D eigenvalue weighted by atomic mass is 32.1. The maximum absolute atomic E-state index is 6.31. The first-order chi connectivity index (χ1) is 10.1. The van der Waals surface area contributed by atoms with Crippen LogP contribution >= 0.6 is 11.3 Å². The van der Waals surface area contributed by atoms with Gasteiger partial charge in [0.25, 0.3) is 0 Å². The number of allylic oxidation sites excluding steroid dienone is 1. The summed E-state index contributed by atoms with van der Waals surface area (Å²) in [6, 6.07) is 8.40. The van der Waals surface area contributed by atoms with Gasteiger partial charge in [0.15, 0.2) is 11.5 Å². The molecule has 3 rings (SSSR count). The van der Waals surface area contributed by atoms with Crippen molar-refractivity contribution in [2.24, 2.45) is 5.73 Å². The smallest absolute Gasteiger partial charge is 0.161 e. The van der Waals surface area contributed by atoms with Gasteiger partial charge >= 0.3 is 0 Å². The molecule has 0 amide bonds. The Balaban J connectivity index is 2.19. The molecule has 2 aromatic rings. The number of hydrogen-bond donors (Lipinski definition) is 1. The summed E-state index contributed by atoms with van der Waals surface area (Å²) < 4.78 is 10.8. The van der Waals surface area contributed by atoms with Gasteiger partial charge in [0, 0.05) is 21.0 Å². The van der Waals surface area contributed by atoms with Crippen LogP contribution in [0.2, 0.25) is 0 Å². The molecule has 0 atom stereocenters. The van der Waals surface area contributed by atoms with E-state index < -0.39 is 0 Å². The number of fused-ring (bicyclic) bond motifs is 1. The minimum atomic E-state index is 0.747. The minimum absolute atomic E-state index is 0.747. The van der Waals surface area contributed by atoms with Gasteiger partial charge in [0.2, 0.25) is 0 Å². The summed E-state index contributed by atoms with van der Waals surface area (Å²) in [6.45, 7) is 2.11. The molecule has 0 fully saturated rings. The van der Waals surface area contributed by atoms with Crippen molar-refractivity contribution >= 4 is 16.9 Å². The minimum Gasteiger partial charge on any atom is -0.493 e. The molecule has 0 bridgehead atoms. The van der Waals surface area contributed by atoms with E-state index in [0.29, 0.717) is 0 Å². The number of nitrogens with two attached hydrogens (primary N) is 1. The van der Waals surface area contributed by atoms with Crippen LogP contribution < -0.4 is 15.2 Å². The number of benzene rings is 1. The van der Waals surface area contributed by atoms with E-state index >= 15 is 0 Å². The summed E-state index contributed by atoms with van der Waals surface area (Å²) in [6.07, 6.45) is 1.82. The molecule has 0 unspecified atom stereocenters. The average Bonchev–Trinajstić information content (AvgIpc) is 2.91. The SMILES string of the molecule is COc1cc2c(cc1OC)C(c1ccc(C)s1)=C(N)CC2. The number of aryl methyl sites for hydroxylation is 2. The highest BCUT2D eigenvalue weighted by molar-refractivity contribution is 7.13. The van der Waals surface area contributed by atoms with Crippen molar-refractivity contribution in [3.05, 3.63) is 50.8 Å². The second-order valence-corrected chi connectivity index (χ2v) is 6.46. The van der Waals surface area contributed by atoms with E-state index in [1.54, 1.807) is 25.6 Å². The molecule has 1 aliphatic carbocycles. The average molecular weight is 301 g/mol. The fourth-order valence-electron chi connectivity index (χ4n) is 2.79. The molecule has 0 saturated carbocycles. The van der Waals surface area contributed by atoms with Crippen molar-refractivity contribution in [2.75, 3.05) is 14.2 Å². The molecule has 0 saturated heterocycles. The van der Waals surface area contributed by atoms with Gasteiger partial charge in [-0.05, 0) is 55.2 Å². The standard InChI is InChI=1S/C17H19NO2S/c1-10-4-7-16(21-10)17-12-9-15(20-3)14(19-2)8-11(12)5-6-13(17)18/h4,7-9H,5-6,18H2,1-3H3. The summed E-state index contributed by atoms with van der Waals surface area (Å²) in [5, 5.41) is 0. The second-order valence-electron chi connectivity index (χ2n) is 5.17. The lowest BCUT2D eigenvalue weighted by Crippen LogP contribution is -2.12. The molecule has 2 N–H and O–H groups in total. The Labute approximate surface area is 129 Å². The van der Waals surface area contributed by atoms with Gasteiger partial charge in [-0.15, -0.1) is 11.3 Å². The van der Waals surface area contributed by atoms with Gasteiger partial charge in [-0.1, -0.05) is 0 Å². The normalized spacial score (nSPS) is 14.0. The summed E-state index contributed by atoms with van der Waals surface area (Å²) in [4.78, 5) is 2.51. The Kier molecular flexibility index (Phi) is 3.64. The Morgan fingerprint density at radius 3 is 2.38 bits per heavy atom. The van der Waals surface area contributed by atoms with Gasteiger partial charge in [-0.25, -0.2) is 0 Å². The second kappa shape index (κ2) is 5.45. The third-order valence-electron chi connectivity index (χ3n) is 3.85. The summed E-state index contributed by atoms with van der Waals surface area (Å²) in [5.74, 6) is 1.52. The number of ether oxygens (including phenoxy) is 2. The lowest BCUT2D eigenvalue weighted by molar-refractivity contribution is 0.354. The largest absolute Gasteiger partial charge is 0.493 e. The van der Waals surface area contributed by atoms with E-state index in [1.165, 1.54) is 20.9 Å². The zero-order valence-electron chi connectivity index (χ0n) is 12.5. The lowest BCUT2D eigenvalue weighted by atomic mass is 9.87. The van der Waals surface area contributed by atoms with Crippen LogP contribution in [0, 0.1) is 6.92 Å². The van der Waals surface area contributed by atoms with Crippen molar-refractivity contribution in [1.82, 2.24) is 0 Å². The maximum Gasteiger partial charge on any atom is 0.161 e. The van der Waals surface area contributed by atoms with E-state index in [-0.39, 0.29) is 0 Å². The molecule has 1 heterocycles. The van der Waals surface area contributed by atoms with Crippen LogP contribution in [0.4, 0.5) is 0 Å². The van der Waals surface area contributed by atoms with Gasteiger partial charge in [0.1, 0.15) is 0 Å². The van der Waals surface area contributed by atoms with E-state index in [4.69, 9.17) is 15.2 Å². The number of thiophene rings is 1. The molecular formula is C17H19NO2S. The van der Waals surface area contributed by atoms with Crippen molar-refractivity contribution in [1.29, 1.82) is 0 Å². The van der Waals surface area contributed by atoms with Crippen LogP contribution in [-0.2, 0) is 6.42 Å². The first-order valence-electron chi connectivity index (χ1n) is 6.94. The summed E-state index contributed by atoms with van der Waals surface area (Å²) in [5.41, 5.74) is 10.8. The fourth-order valence-corrected chi connectivity index (χ4v) is 3.75. The Bertz CT molecular complexity index is 716. The van der Waals surface area contributed by atoms with Crippen LogP contribution in [0.25, 0.3) is 5.57 Å². The number of hydrogen-bond acceptors (Lipinski definition) is 4. The van der Waals surface area contributed by atoms with Crippen LogP contribution in [-0.4, -0.2) is 14.2 Å². The molecule has 0 aliphatic heterocycles. The highest BCUT2D eigenvalue weighted by Crippen LogP contribution is 2.41. The molecule has 1 aliphatic rings. The summed E-state index contributed by atoms with van der Waals surface area (Å²) in [7, 11) is 3.33. The van der Waals surface area contributed by atoms with Crippen molar-refractivity contribution < 1.29 is 9.47 Å². The lowest BCUT2D eigenvalue weighted by Gasteiger charge is -2.22. The molecule has 4 heteroatoms. The van der Waals surface area contributed by atoms with Gasteiger partial charge in [0.05, 0.1) is 14.2 Å². The molecule has 0 spiro atoms. The monoisotopic (exact) mass is 301 g/mol. The maximum atomic E-state index is 6.31. The fraction of sp³-hybridized carbons (Fsp3) is 0.294. The molecule has 1 aromatic carbocycles. The quantitative estimate of drug-likeness (QED) is 0.939. The number of rotatable bonds is 3. The Morgan fingerprint density at radius 2 is 1.76 bits per heavy atom. The van der Waals surface area contributed by atoms with E-state index in [0.717, 1.165) is 35.6 Å². The van der Waals surface area contributed by atoms with Gasteiger partial charge in [-0.3, -0.25) is 0 Å². The van der Waals surface area contributed by atoms with Crippen LogP contribution in [0.5, 0.6) is 11.5 Å². The predicted octanol–water partition coefficient (Wildman–Crippen LogP) is 3.74.